The molecule has 0 amide bonds. The number of hydrogen-bond donors (Lipinski definition) is 4. The van der Waals surface area contributed by atoms with Crippen molar-refractivity contribution in [1.82, 2.24) is 16.2 Å². The van der Waals surface area contributed by atoms with Crippen molar-refractivity contribution < 1.29 is 4.74 Å². The van der Waals surface area contributed by atoms with E-state index >= 15 is 0 Å². The Kier molecular flexibility index (Phi) is 7.09. The van der Waals surface area contributed by atoms with E-state index in [1.165, 1.54) is 5.56 Å². The van der Waals surface area contributed by atoms with Crippen LogP contribution in [0, 0.1) is 6.92 Å². The van der Waals surface area contributed by atoms with Gasteiger partial charge in [0.05, 0.1) is 6.61 Å². The van der Waals surface area contributed by atoms with Crippen LogP contribution < -0.4 is 21.5 Å². The lowest BCUT2D eigenvalue weighted by Crippen LogP contribution is -2.48. The Hall–Kier alpha value is -1.44. The number of ether oxygens (including phenoxy) is 1. The second-order valence-corrected chi connectivity index (χ2v) is 4.64. The van der Waals surface area contributed by atoms with Crippen LogP contribution in [0.4, 0.5) is 5.69 Å². The van der Waals surface area contributed by atoms with E-state index in [-0.39, 0.29) is 0 Å². The van der Waals surface area contributed by atoms with Gasteiger partial charge in [-0.15, -0.1) is 0 Å². The van der Waals surface area contributed by atoms with Crippen LogP contribution in [0.15, 0.2) is 24.3 Å². The van der Waals surface area contributed by atoms with E-state index in [0.717, 1.165) is 5.69 Å². The molecule has 0 radical (unpaired) electrons. The summed E-state index contributed by atoms with van der Waals surface area (Å²) >= 11 is 10.2. The number of hydrogen-bond acceptors (Lipinski definition) is 3. The molecule has 0 aliphatic heterocycles. The molecule has 1 aromatic carbocycles. The smallest absolute Gasteiger partial charge is 0.189 e. The summed E-state index contributed by atoms with van der Waals surface area (Å²) in [5, 5.41) is 6.90. The topological polar surface area (TPSA) is 57.4 Å². The summed E-state index contributed by atoms with van der Waals surface area (Å²) in [5.41, 5.74) is 7.70. The molecular weight excluding hydrogens is 280 g/mol. The van der Waals surface area contributed by atoms with Crippen molar-refractivity contribution in [3.8, 4) is 0 Å². The average Bonchev–Trinajstić information content (AvgIpc) is 2.39. The highest BCUT2D eigenvalue weighted by molar-refractivity contribution is 7.80. The molecule has 0 heterocycles. The highest BCUT2D eigenvalue weighted by Crippen LogP contribution is 2.07. The van der Waals surface area contributed by atoms with Crippen molar-refractivity contribution >= 4 is 40.3 Å². The Balaban J connectivity index is 2.24. The number of aryl methyl sites for hydroxylation is 1. The molecule has 7 heteroatoms. The first-order valence-electron chi connectivity index (χ1n) is 5.78. The summed E-state index contributed by atoms with van der Waals surface area (Å²) in [7, 11) is 1.64. The third-order valence-corrected chi connectivity index (χ3v) is 2.64. The summed E-state index contributed by atoms with van der Waals surface area (Å²) in [6.45, 7) is 3.27. The minimum Gasteiger partial charge on any atom is -0.383 e. The molecule has 0 saturated heterocycles. The van der Waals surface area contributed by atoms with Gasteiger partial charge in [0.1, 0.15) is 0 Å². The fourth-order valence-electron chi connectivity index (χ4n) is 1.22. The molecule has 5 nitrogen and oxygen atoms in total. The highest BCUT2D eigenvalue weighted by Gasteiger charge is 1.98. The van der Waals surface area contributed by atoms with Crippen LogP contribution in [0.1, 0.15) is 5.56 Å². The van der Waals surface area contributed by atoms with Crippen LogP contribution in [0.5, 0.6) is 0 Å². The number of rotatable bonds is 4. The van der Waals surface area contributed by atoms with E-state index in [1.807, 2.05) is 31.2 Å². The zero-order valence-electron chi connectivity index (χ0n) is 10.9. The number of benzene rings is 1. The molecule has 0 bridgehead atoms. The average molecular weight is 298 g/mol. The molecule has 0 spiro atoms. The normalized spacial score (nSPS) is 9.58. The first-order valence-corrected chi connectivity index (χ1v) is 6.60. The fraction of sp³-hybridized carbons (Fsp3) is 0.333. The second kappa shape index (κ2) is 8.63. The van der Waals surface area contributed by atoms with Crippen LogP contribution in [0.3, 0.4) is 0 Å². The van der Waals surface area contributed by atoms with Crippen molar-refractivity contribution in [2.24, 2.45) is 0 Å². The molecule has 0 fully saturated rings. The molecular formula is C12H18N4OS2. The monoisotopic (exact) mass is 298 g/mol. The van der Waals surface area contributed by atoms with Gasteiger partial charge in [0.2, 0.25) is 0 Å². The van der Waals surface area contributed by atoms with E-state index in [9.17, 15) is 0 Å². The van der Waals surface area contributed by atoms with E-state index in [2.05, 4.69) is 21.5 Å². The van der Waals surface area contributed by atoms with Crippen LogP contribution in [-0.4, -0.2) is 30.5 Å². The quantitative estimate of drug-likeness (QED) is 0.380. The van der Waals surface area contributed by atoms with Gasteiger partial charge in [-0.25, -0.2) is 0 Å². The van der Waals surface area contributed by atoms with Gasteiger partial charge in [0.15, 0.2) is 10.2 Å². The van der Waals surface area contributed by atoms with Crippen LogP contribution >= 0.6 is 24.4 Å². The standard InChI is InChI=1S/C12H18N4OS2/c1-9-3-5-10(6-4-9)14-12(19)16-15-11(18)13-7-8-17-2/h3-6H,7-8H2,1-2H3,(H2,13,15,18)(H2,14,16,19). The van der Waals surface area contributed by atoms with Crippen LogP contribution in [0.25, 0.3) is 0 Å². The number of methoxy groups -OCH3 is 1. The molecule has 1 aromatic rings. The summed E-state index contributed by atoms with van der Waals surface area (Å²) < 4.78 is 4.90. The largest absolute Gasteiger partial charge is 0.383 e. The highest BCUT2D eigenvalue weighted by atomic mass is 32.1. The lowest BCUT2D eigenvalue weighted by molar-refractivity contribution is 0.204. The summed E-state index contributed by atoms with van der Waals surface area (Å²) in [6.07, 6.45) is 0. The van der Waals surface area contributed by atoms with Gasteiger partial charge in [0, 0.05) is 19.3 Å². The van der Waals surface area contributed by atoms with Gasteiger partial charge < -0.3 is 15.4 Å². The van der Waals surface area contributed by atoms with E-state index < -0.39 is 0 Å². The maximum atomic E-state index is 5.13. The predicted molar refractivity (Wildman–Crippen MR) is 86.1 cm³/mol. The Labute approximate surface area is 124 Å². The van der Waals surface area contributed by atoms with Crippen LogP contribution in [0.2, 0.25) is 0 Å². The molecule has 0 saturated carbocycles. The first kappa shape index (κ1) is 15.6. The molecule has 0 unspecified atom stereocenters. The summed E-state index contributed by atoms with van der Waals surface area (Å²) in [6, 6.07) is 7.93. The lowest BCUT2D eigenvalue weighted by Gasteiger charge is -2.14. The second-order valence-electron chi connectivity index (χ2n) is 3.82. The zero-order chi connectivity index (χ0) is 14.1. The van der Waals surface area contributed by atoms with Crippen molar-refractivity contribution in [2.45, 2.75) is 6.92 Å². The molecule has 1 rings (SSSR count). The molecule has 104 valence electrons. The molecule has 0 aromatic heterocycles. The van der Waals surface area contributed by atoms with Crippen molar-refractivity contribution in [3.63, 3.8) is 0 Å². The van der Waals surface area contributed by atoms with E-state index in [1.54, 1.807) is 7.11 Å². The van der Waals surface area contributed by atoms with Gasteiger partial charge >= 0.3 is 0 Å². The summed E-state index contributed by atoms with van der Waals surface area (Å²) in [5.74, 6) is 0. The van der Waals surface area contributed by atoms with Gasteiger partial charge in [0.25, 0.3) is 0 Å². The third-order valence-electron chi connectivity index (χ3n) is 2.19. The number of anilines is 1. The third kappa shape index (κ3) is 6.90. The zero-order valence-corrected chi connectivity index (χ0v) is 12.6. The van der Waals surface area contributed by atoms with E-state index in [4.69, 9.17) is 29.2 Å². The molecule has 4 N–H and O–H groups in total. The molecule has 0 aliphatic carbocycles. The molecule has 0 atom stereocenters. The fourth-order valence-corrected chi connectivity index (χ4v) is 1.55. The molecule has 0 aliphatic rings. The molecule has 19 heavy (non-hydrogen) atoms. The van der Waals surface area contributed by atoms with Gasteiger partial charge in [-0.2, -0.15) is 0 Å². The minimum absolute atomic E-state index is 0.444. The Bertz CT molecular complexity index is 422. The Morgan fingerprint density at radius 1 is 1.11 bits per heavy atom. The number of nitrogens with one attached hydrogen (secondary N) is 4. The number of hydrazine groups is 1. The maximum absolute atomic E-state index is 5.13. The van der Waals surface area contributed by atoms with Crippen molar-refractivity contribution in [3.05, 3.63) is 29.8 Å². The van der Waals surface area contributed by atoms with Gasteiger partial charge in [-0.1, -0.05) is 17.7 Å². The Morgan fingerprint density at radius 3 is 2.37 bits per heavy atom. The Morgan fingerprint density at radius 2 is 1.74 bits per heavy atom. The minimum atomic E-state index is 0.444. The first-order chi connectivity index (χ1) is 9.11. The van der Waals surface area contributed by atoms with E-state index in [0.29, 0.717) is 23.4 Å². The SMILES string of the molecule is COCCNC(=S)NNC(=S)Nc1ccc(C)cc1. The lowest BCUT2D eigenvalue weighted by atomic mass is 10.2. The predicted octanol–water partition coefficient (Wildman–Crippen LogP) is 1.31. The van der Waals surface area contributed by atoms with Gasteiger partial charge in [-0.3, -0.25) is 10.9 Å². The van der Waals surface area contributed by atoms with Crippen molar-refractivity contribution in [1.29, 1.82) is 0 Å². The maximum Gasteiger partial charge on any atom is 0.189 e. The summed E-state index contributed by atoms with van der Waals surface area (Å²) in [4.78, 5) is 0. The number of thiocarbonyl (C=S) groups is 2. The van der Waals surface area contributed by atoms with Crippen LogP contribution in [-0.2, 0) is 4.74 Å². The van der Waals surface area contributed by atoms with Gasteiger partial charge in [-0.05, 0) is 43.5 Å². The van der Waals surface area contributed by atoms with Crippen molar-refractivity contribution in [2.75, 3.05) is 25.6 Å².